The summed E-state index contributed by atoms with van der Waals surface area (Å²) in [4.78, 5) is 22.9. The van der Waals surface area contributed by atoms with Crippen LogP contribution < -0.4 is 0 Å². The van der Waals surface area contributed by atoms with Crippen molar-refractivity contribution in [3.05, 3.63) is 0 Å². The van der Waals surface area contributed by atoms with Gasteiger partial charge in [-0.25, -0.2) is 8.78 Å². The van der Waals surface area contributed by atoms with Crippen molar-refractivity contribution in [2.75, 3.05) is 13.6 Å². The summed E-state index contributed by atoms with van der Waals surface area (Å²) in [6.07, 6.45) is -2.61. The van der Waals surface area contributed by atoms with E-state index >= 15 is 0 Å². The molecule has 0 spiro atoms. The molecule has 4 nitrogen and oxygen atoms in total. The minimum Gasteiger partial charge on any atom is -0.481 e. The maximum absolute atomic E-state index is 12.0. The van der Waals surface area contributed by atoms with Crippen LogP contribution in [0, 0.1) is 11.8 Å². The van der Waals surface area contributed by atoms with E-state index in [9.17, 15) is 18.4 Å². The quantitative estimate of drug-likeness (QED) is 0.758. The van der Waals surface area contributed by atoms with E-state index in [1.807, 2.05) is 0 Å². The Labute approximate surface area is 86.9 Å². The van der Waals surface area contributed by atoms with E-state index in [1.54, 1.807) is 0 Å². The van der Waals surface area contributed by atoms with E-state index < -0.39 is 36.7 Å². The second-order valence-corrected chi connectivity index (χ2v) is 3.53. The zero-order valence-corrected chi connectivity index (χ0v) is 8.91. The van der Waals surface area contributed by atoms with Crippen LogP contribution in [-0.4, -0.2) is 41.9 Å². The van der Waals surface area contributed by atoms with E-state index in [4.69, 9.17) is 5.11 Å². The molecule has 2 atom stereocenters. The Hall–Kier alpha value is -1.20. The summed E-state index contributed by atoms with van der Waals surface area (Å²) in [6.45, 7) is 2.12. The van der Waals surface area contributed by atoms with Crippen molar-refractivity contribution < 1.29 is 23.5 Å². The monoisotopic (exact) mass is 223 g/mol. The van der Waals surface area contributed by atoms with Gasteiger partial charge in [-0.1, -0.05) is 13.8 Å². The molecule has 0 aliphatic carbocycles. The molecule has 0 saturated heterocycles. The van der Waals surface area contributed by atoms with Gasteiger partial charge in [0.1, 0.15) is 0 Å². The maximum atomic E-state index is 12.0. The number of carbonyl (C=O) groups is 2. The molecule has 0 bridgehead atoms. The zero-order chi connectivity index (χ0) is 12.2. The molecule has 1 amide bonds. The van der Waals surface area contributed by atoms with Crippen LogP contribution in [0.1, 0.15) is 13.8 Å². The van der Waals surface area contributed by atoms with E-state index in [1.165, 1.54) is 20.9 Å². The highest BCUT2D eigenvalue weighted by Gasteiger charge is 2.28. The standard InChI is InChI=1S/C9H15F2NO3/c1-5(6(2)9(14)15)8(13)12(3)4-7(10)11/h5-7H,4H2,1-3H3,(H,14,15). The molecule has 15 heavy (non-hydrogen) atoms. The highest BCUT2D eigenvalue weighted by molar-refractivity contribution is 5.84. The number of carboxylic acid groups (broad SMARTS) is 1. The van der Waals surface area contributed by atoms with Gasteiger partial charge < -0.3 is 10.0 Å². The lowest BCUT2D eigenvalue weighted by molar-refractivity contribution is -0.149. The van der Waals surface area contributed by atoms with Gasteiger partial charge in [0.25, 0.3) is 6.43 Å². The molecule has 2 unspecified atom stereocenters. The van der Waals surface area contributed by atoms with Crippen LogP contribution in [-0.2, 0) is 9.59 Å². The molecule has 6 heteroatoms. The van der Waals surface area contributed by atoms with Gasteiger partial charge in [0, 0.05) is 13.0 Å². The van der Waals surface area contributed by atoms with E-state index in [0.717, 1.165) is 4.90 Å². The zero-order valence-electron chi connectivity index (χ0n) is 8.91. The second kappa shape index (κ2) is 5.63. The molecule has 0 aliphatic heterocycles. The highest BCUT2D eigenvalue weighted by atomic mass is 19.3. The minimum atomic E-state index is -2.61. The number of hydrogen-bond donors (Lipinski definition) is 1. The van der Waals surface area contributed by atoms with E-state index in [0.29, 0.717) is 0 Å². The van der Waals surface area contributed by atoms with Crippen LogP contribution in [0.15, 0.2) is 0 Å². The molecule has 0 aromatic rings. The molecular weight excluding hydrogens is 208 g/mol. The summed E-state index contributed by atoms with van der Waals surface area (Å²) in [5.74, 6) is -3.37. The molecule has 0 saturated carbocycles. The normalized spacial score (nSPS) is 14.8. The van der Waals surface area contributed by atoms with Gasteiger partial charge in [0.15, 0.2) is 0 Å². The third kappa shape index (κ3) is 4.22. The molecule has 88 valence electrons. The van der Waals surface area contributed by atoms with Crippen molar-refractivity contribution in [3.8, 4) is 0 Å². The number of amides is 1. The van der Waals surface area contributed by atoms with Crippen molar-refractivity contribution in [2.24, 2.45) is 11.8 Å². The Morgan fingerprint density at radius 1 is 1.27 bits per heavy atom. The molecule has 0 fully saturated rings. The van der Waals surface area contributed by atoms with Crippen molar-refractivity contribution in [3.63, 3.8) is 0 Å². The first-order valence-corrected chi connectivity index (χ1v) is 4.53. The van der Waals surface area contributed by atoms with Crippen LogP contribution in [0.4, 0.5) is 8.78 Å². The molecule has 1 N–H and O–H groups in total. The fraction of sp³-hybridized carbons (Fsp3) is 0.778. The lowest BCUT2D eigenvalue weighted by Gasteiger charge is -2.22. The summed E-state index contributed by atoms with van der Waals surface area (Å²) >= 11 is 0. The van der Waals surface area contributed by atoms with E-state index in [-0.39, 0.29) is 0 Å². The molecule has 0 heterocycles. The first-order valence-electron chi connectivity index (χ1n) is 4.53. The fourth-order valence-corrected chi connectivity index (χ4v) is 1.07. The van der Waals surface area contributed by atoms with Crippen molar-refractivity contribution in [1.29, 1.82) is 0 Å². The summed E-state index contributed by atoms with van der Waals surface area (Å²) in [7, 11) is 1.24. The Kier molecular flexibility index (Phi) is 5.18. The second-order valence-electron chi connectivity index (χ2n) is 3.53. The lowest BCUT2D eigenvalue weighted by Crippen LogP contribution is -2.39. The van der Waals surface area contributed by atoms with Crippen molar-refractivity contribution in [1.82, 2.24) is 4.90 Å². The van der Waals surface area contributed by atoms with Gasteiger partial charge in [-0.05, 0) is 0 Å². The number of alkyl halides is 2. The summed E-state index contributed by atoms with van der Waals surface area (Å²) < 4.78 is 23.9. The number of carbonyl (C=O) groups excluding carboxylic acids is 1. The van der Waals surface area contributed by atoms with Crippen molar-refractivity contribution in [2.45, 2.75) is 20.3 Å². The molecule has 0 aromatic heterocycles. The first-order chi connectivity index (χ1) is 6.77. The highest BCUT2D eigenvalue weighted by Crippen LogP contribution is 2.14. The van der Waals surface area contributed by atoms with Gasteiger partial charge >= 0.3 is 5.97 Å². The fourth-order valence-electron chi connectivity index (χ4n) is 1.07. The van der Waals surface area contributed by atoms with Crippen molar-refractivity contribution >= 4 is 11.9 Å². The van der Waals surface area contributed by atoms with E-state index in [2.05, 4.69) is 0 Å². The Morgan fingerprint density at radius 2 is 1.73 bits per heavy atom. The molecule has 0 radical (unpaired) electrons. The molecule has 0 aromatic carbocycles. The predicted octanol–water partition coefficient (Wildman–Crippen LogP) is 1.07. The molecule has 0 rings (SSSR count). The third-order valence-corrected chi connectivity index (χ3v) is 2.32. The number of rotatable bonds is 5. The summed E-state index contributed by atoms with van der Waals surface area (Å²) in [6, 6.07) is 0. The van der Waals surface area contributed by atoms with Gasteiger partial charge in [0.05, 0.1) is 12.5 Å². The molecular formula is C9H15F2NO3. The largest absolute Gasteiger partial charge is 0.481 e. The van der Waals surface area contributed by atoms with Gasteiger partial charge in [-0.15, -0.1) is 0 Å². The van der Waals surface area contributed by atoms with Gasteiger partial charge in [0.2, 0.25) is 5.91 Å². The van der Waals surface area contributed by atoms with Crippen LogP contribution in [0.5, 0.6) is 0 Å². The lowest BCUT2D eigenvalue weighted by atomic mass is 9.95. The van der Waals surface area contributed by atoms with Crippen LogP contribution in [0.3, 0.4) is 0 Å². The third-order valence-electron chi connectivity index (χ3n) is 2.32. The Morgan fingerprint density at radius 3 is 2.07 bits per heavy atom. The number of carboxylic acids is 1. The topological polar surface area (TPSA) is 57.6 Å². The number of nitrogens with zero attached hydrogens (tertiary/aromatic N) is 1. The SMILES string of the molecule is CC(C(=O)O)C(C)C(=O)N(C)CC(F)F. The minimum absolute atomic E-state index is 0.579. The van der Waals surface area contributed by atoms with Crippen LogP contribution in [0.2, 0.25) is 0 Å². The summed E-state index contributed by atoms with van der Waals surface area (Å²) in [5, 5.41) is 8.65. The predicted molar refractivity (Wildman–Crippen MR) is 49.6 cm³/mol. The first kappa shape index (κ1) is 13.8. The number of halogens is 2. The Balaban J connectivity index is 4.37. The van der Waals surface area contributed by atoms with Gasteiger partial charge in [-0.3, -0.25) is 9.59 Å². The maximum Gasteiger partial charge on any atom is 0.307 e. The average molecular weight is 223 g/mol. The van der Waals surface area contributed by atoms with Crippen LogP contribution >= 0.6 is 0 Å². The average Bonchev–Trinajstić information content (AvgIpc) is 2.13. The number of aliphatic carboxylic acids is 1. The van der Waals surface area contributed by atoms with Gasteiger partial charge in [-0.2, -0.15) is 0 Å². The van der Waals surface area contributed by atoms with Crippen LogP contribution in [0.25, 0.3) is 0 Å². The molecule has 0 aliphatic rings. The number of hydrogen-bond acceptors (Lipinski definition) is 2. The smallest absolute Gasteiger partial charge is 0.307 e. The Bertz CT molecular complexity index is 246. The summed E-state index contributed by atoms with van der Waals surface area (Å²) in [5.41, 5.74) is 0.